The van der Waals surface area contributed by atoms with Crippen molar-refractivity contribution in [2.24, 2.45) is 0 Å². The summed E-state index contributed by atoms with van der Waals surface area (Å²) in [6.07, 6.45) is -2.78. The van der Waals surface area contributed by atoms with Crippen LogP contribution in [0.2, 0.25) is 0 Å². The molecule has 0 saturated carbocycles. The standard InChI is InChI=1S/C6H8O6.Ca.H2O4S/c7-1-2(8)5-3(9)4(10)6(11)12-5;;1-5(2,3)4/h2,5,7-10H,1H2;;(H2,1,2,3,4)/q;+2;/p-2/t2-,5+;;/m0../s1. The summed E-state index contributed by atoms with van der Waals surface area (Å²) >= 11 is 0. The first-order valence-corrected chi connectivity index (χ1v) is 5.20. The summed E-state index contributed by atoms with van der Waals surface area (Å²) in [4.78, 5) is 10.5. The van der Waals surface area contributed by atoms with Crippen LogP contribution in [0.5, 0.6) is 0 Å². The van der Waals surface area contributed by atoms with E-state index in [0.29, 0.717) is 0 Å². The molecule has 0 spiro atoms. The first kappa shape index (κ1) is 20.2. The quantitative estimate of drug-likeness (QED) is 0.176. The second-order valence-corrected chi connectivity index (χ2v) is 3.53. The molecule has 0 amide bonds. The first-order valence-electron chi connectivity index (χ1n) is 3.86. The molecule has 12 heteroatoms. The molecule has 4 N–H and O–H groups in total. The van der Waals surface area contributed by atoms with Crippen molar-refractivity contribution in [3.63, 3.8) is 0 Å². The predicted octanol–water partition coefficient (Wildman–Crippen LogP) is -3.13. The second-order valence-electron chi connectivity index (χ2n) is 2.72. The largest absolute Gasteiger partial charge is 2.00 e. The maximum absolute atomic E-state index is 10.5. The summed E-state index contributed by atoms with van der Waals surface area (Å²) in [7, 11) is -5.17. The van der Waals surface area contributed by atoms with Crippen LogP contribution in [0.3, 0.4) is 0 Å². The van der Waals surface area contributed by atoms with Crippen LogP contribution in [-0.2, 0) is 19.9 Å². The van der Waals surface area contributed by atoms with Gasteiger partial charge in [-0.15, -0.1) is 0 Å². The van der Waals surface area contributed by atoms with E-state index < -0.39 is 46.7 Å². The second kappa shape index (κ2) is 8.12. The van der Waals surface area contributed by atoms with Crippen molar-refractivity contribution in [3.8, 4) is 0 Å². The third-order valence-corrected chi connectivity index (χ3v) is 1.48. The molecule has 0 aromatic rings. The fourth-order valence-electron chi connectivity index (χ4n) is 0.823. The predicted molar refractivity (Wildman–Crippen MR) is 51.5 cm³/mol. The third kappa shape index (κ3) is 7.33. The number of carbonyl (C=O) groups excluding carboxylic acids is 1. The number of hydrogen-bond acceptors (Lipinski definition) is 10. The monoisotopic (exact) mass is 312 g/mol. The Morgan fingerprint density at radius 3 is 1.94 bits per heavy atom. The molecule has 0 aliphatic carbocycles. The van der Waals surface area contributed by atoms with Gasteiger partial charge in [-0.3, -0.25) is 8.42 Å². The van der Waals surface area contributed by atoms with E-state index in [4.69, 9.17) is 37.9 Å². The van der Waals surface area contributed by atoms with Crippen LogP contribution in [-0.4, -0.2) is 100 Å². The molecule has 1 heterocycles. The molecule has 0 unspecified atom stereocenters. The van der Waals surface area contributed by atoms with E-state index in [9.17, 15) is 4.79 Å². The molecule has 0 radical (unpaired) electrons. The number of esters is 1. The van der Waals surface area contributed by atoms with Gasteiger partial charge in [0.25, 0.3) is 0 Å². The van der Waals surface area contributed by atoms with Gasteiger partial charge in [0.15, 0.2) is 11.9 Å². The number of hydrogen-bond donors (Lipinski definition) is 4. The Labute approximate surface area is 131 Å². The summed E-state index contributed by atoms with van der Waals surface area (Å²) < 4.78 is 38.4. The summed E-state index contributed by atoms with van der Waals surface area (Å²) in [5.74, 6) is -2.78. The van der Waals surface area contributed by atoms with Gasteiger partial charge in [-0.2, -0.15) is 0 Å². The number of ether oxygens (including phenoxy) is 1. The van der Waals surface area contributed by atoms with Crippen molar-refractivity contribution in [2.45, 2.75) is 12.2 Å². The molecule has 0 aromatic heterocycles. The number of cyclic esters (lactones) is 1. The van der Waals surface area contributed by atoms with Gasteiger partial charge in [0.2, 0.25) is 5.76 Å². The van der Waals surface area contributed by atoms with Gasteiger partial charge in [-0.1, -0.05) is 0 Å². The van der Waals surface area contributed by atoms with Gasteiger partial charge >= 0.3 is 43.7 Å². The van der Waals surface area contributed by atoms with E-state index in [-0.39, 0.29) is 37.7 Å². The zero-order valence-electron chi connectivity index (χ0n) is 8.72. The smallest absolute Gasteiger partial charge is 0.759 e. The normalized spacial score (nSPS) is 20.4. The van der Waals surface area contributed by atoms with Crippen molar-refractivity contribution in [1.29, 1.82) is 0 Å². The number of aliphatic hydroxyl groups is 4. The minimum absolute atomic E-state index is 0. The zero-order valence-corrected chi connectivity index (χ0v) is 11.7. The summed E-state index contributed by atoms with van der Waals surface area (Å²) in [6, 6.07) is 0. The first-order chi connectivity index (χ1) is 7.57. The van der Waals surface area contributed by atoms with Crippen LogP contribution >= 0.6 is 0 Å². The number of carbonyl (C=O) groups is 1. The van der Waals surface area contributed by atoms with Crippen LogP contribution in [0.15, 0.2) is 11.5 Å². The van der Waals surface area contributed by atoms with Crippen LogP contribution in [0.4, 0.5) is 0 Å². The van der Waals surface area contributed by atoms with Gasteiger partial charge in [-0.25, -0.2) is 4.79 Å². The number of aliphatic hydroxyl groups excluding tert-OH is 4. The molecule has 2 atom stereocenters. The maximum Gasteiger partial charge on any atom is 2.00 e. The minimum atomic E-state index is -5.17. The van der Waals surface area contributed by atoms with Gasteiger partial charge in [0.1, 0.15) is 6.10 Å². The molecule has 1 aliphatic heterocycles. The Hall–Kier alpha value is -0.140. The van der Waals surface area contributed by atoms with Gasteiger partial charge in [0, 0.05) is 10.4 Å². The molecule has 0 aromatic carbocycles. The van der Waals surface area contributed by atoms with E-state index in [0.717, 1.165) is 0 Å². The van der Waals surface area contributed by atoms with Crippen LogP contribution in [0, 0.1) is 0 Å². The molecule has 0 saturated heterocycles. The van der Waals surface area contributed by atoms with Crippen molar-refractivity contribution in [1.82, 2.24) is 0 Å². The van der Waals surface area contributed by atoms with Crippen molar-refractivity contribution in [3.05, 3.63) is 11.5 Å². The van der Waals surface area contributed by atoms with Crippen molar-refractivity contribution < 1.29 is 47.5 Å². The molecule has 100 valence electrons. The minimum Gasteiger partial charge on any atom is -0.759 e. The fraction of sp³-hybridized carbons (Fsp3) is 0.500. The SMILES string of the molecule is O=C1O[C@H]([C@@H](O)CO)C(O)=C1O.O=S(=O)([O-])[O-].[Ca+2]. The molecule has 1 rings (SSSR count). The van der Waals surface area contributed by atoms with Gasteiger partial charge in [0.05, 0.1) is 6.61 Å². The fourth-order valence-corrected chi connectivity index (χ4v) is 0.823. The zero-order chi connectivity index (χ0) is 13.8. The van der Waals surface area contributed by atoms with Crippen LogP contribution < -0.4 is 0 Å². The van der Waals surface area contributed by atoms with Crippen LogP contribution in [0.1, 0.15) is 0 Å². The molecular weight excluding hydrogens is 304 g/mol. The Balaban J connectivity index is 0. The Morgan fingerprint density at radius 1 is 1.33 bits per heavy atom. The Bertz CT molecular complexity index is 406. The topological polar surface area (TPSA) is 187 Å². The van der Waals surface area contributed by atoms with Crippen LogP contribution in [0.25, 0.3) is 0 Å². The average Bonchev–Trinajstić information content (AvgIpc) is 2.42. The summed E-state index contributed by atoms with van der Waals surface area (Å²) in [5.41, 5.74) is 0. The Morgan fingerprint density at radius 2 is 1.72 bits per heavy atom. The summed E-state index contributed by atoms with van der Waals surface area (Å²) in [5, 5.41) is 35.0. The van der Waals surface area contributed by atoms with Crippen molar-refractivity contribution in [2.75, 3.05) is 6.61 Å². The third-order valence-electron chi connectivity index (χ3n) is 1.48. The molecule has 1 aliphatic rings. The van der Waals surface area contributed by atoms with E-state index in [2.05, 4.69) is 4.74 Å². The summed E-state index contributed by atoms with van der Waals surface area (Å²) in [6.45, 7) is -0.671. The maximum atomic E-state index is 10.5. The molecule has 18 heavy (non-hydrogen) atoms. The number of rotatable bonds is 2. The molecular formula is C6H8CaO10S. The van der Waals surface area contributed by atoms with E-state index in [1.54, 1.807) is 0 Å². The Kier molecular flexibility index (Phi) is 9.10. The van der Waals surface area contributed by atoms with Crippen molar-refractivity contribution >= 4 is 54.1 Å². The van der Waals surface area contributed by atoms with E-state index in [1.165, 1.54) is 0 Å². The van der Waals surface area contributed by atoms with E-state index in [1.807, 2.05) is 0 Å². The molecule has 0 fully saturated rings. The molecule has 0 bridgehead atoms. The van der Waals surface area contributed by atoms with Gasteiger partial charge < -0.3 is 34.3 Å². The molecule has 10 nitrogen and oxygen atoms in total. The average molecular weight is 312 g/mol. The van der Waals surface area contributed by atoms with E-state index >= 15 is 0 Å². The van der Waals surface area contributed by atoms with Gasteiger partial charge in [-0.05, 0) is 0 Å².